The lowest BCUT2D eigenvalue weighted by atomic mass is 10.0. The Kier molecular flexibility index (Phi) is 8.89. The van der Waals surface area contributed by atoms with Crippen molar-refractivity contribution in [3.05, 3.63) is 78.3 Å². The molecule has 2 aromatic carbocycles. The molecule has 10 nitrogen and oxygen atoms in total. The molecule has 1 aromatic heterocycles. The fraction of sp³-hybridized carbons (Fsp3) is 0.370. The maximum Gasteiger partial charge on any atom is 0.305 e. The third-order valence-corrected chi connectivity index (χ3v) is 7.62. The number of halogens is 2. The number of carbonyl (C=O) groups is 2. The minimum Gasteiger partial charge on any atom is -0.481 e. The quantitative estimate of drug-likeness (QED) is 0.293. The van der Waals surface area contributed by atoms with Gasteiger partial charge in [0.1, 0.15) is 11.4 Å². The van der Waals surface area contributed by atoms with Crippen molar-refractivity contribution < 1.29 is 14.7 Å². The molecule has 3 aromatic rings. The van der Waals surface area contributed by atoms with Crippen LogP contribution in [0.2, 0.25) is 10.0 Å². The molecule has 2 unspecified atom stereocenters. The fourth-order valence-corrected chi connectivity index (χ4v) is 5.56. The molecule has 1 aliphatic heterocycles. The lowest BCUT2D eigenvalue weighted by Crippen LogP contribution is -2.44. The van der Waals surface area contributed by atoms with E-state index in [1.165, 1.54) is 12.4 Å². The van der Waals surface area contributed by atoms with Gasteiger partial charge in [-0.1, -0.05) is 49.2 Å². The molecule has 0 saturated carbocycles. The van der Waals surface area contributed by atoms with Gasteiger partial charge in [-0.3, -0.25) is 29.1 Å². The van der Waals surface area contributed by atoms with Crippen molar-refractivity contribution in [3.8, 4) is 0 Å². The summed E-state index contributed by atoms with van der Waals surface area (Å²) >= 11 is 12.1. The van der Waals surface area contributed by atoms with E-state index in [9.17, 15) is 24.3 Å². The van der Waals surface area contributed by atoms with Crippen molar-refractivity contribution in [1.82, 2.24) is 9.88 Å². The van der Waals surface area contributed by atoms with Crippen molar-refractivity contribution in [2.75, 3.05) is 41.7 Å². The van der Waals surface area contributed by atoms with Crippen LogP contribution in [0.5, 0.6) is 0 Å². The van der Waals surface area contributed by atoms with Crippen LogP contribution in [0.4, 0.5) is 17.1 Å². The monoisotopic (exact) mass is 573 g/mol. The third kappa shape index (κ3) is 6.08. The summed E-state index contributed by atoms with van der Waals surface area (Å²) in [6.45, 7) is 7.24. The summed E-state index contributed by atoms with van der Waals surface area (Å²) in [6, 6.07) is 5.99. The molecule has 4 rings (SSSR count). The van der Waals surface area contributed by atoms with E-state index < -0.39 is 28.8 Å². The molecule has 2 heterocycles. The zero-order valence-corrected chi connectivity index (χ0v) is 23.1. The molecule has 1 amide bonds. The van der Waals surface area contributed by atoms with Gasteiger partial charge in [0.05, 0.1) is 28.1 Å². The Hall–Kier alpha value is -3.47. The van der Waals surface area contributed by atoms with Crippen LogP contribution in [0, 0.1) is 0 Å². The number of benzene rings is 1. The normalized spacial score (nSPS) is 16.0. The summed E-state index contributed by atoms with van der Waals surface area (Å²) in [7, 11) is 0. The standard InChI is InChI=1S/C27H29Cl2N5O5/c1-3-33(4-2)17-9-10-34(14-17)24-23(25(37)26(24)38)32-20(11-21(35)36)15-5-7-16(8-6-15)31-27(39)22-18(28)12-30-13-19(22)29/h5-8,12-13,17,20,32H,3-4,9-11,14H2,1-2H3,(H,31,39)(H,35,36). The molecule has 206 valence electrons. The Morgan fingerprint density at radius 3 is 2.33 bits per heavy atom. The highest BCUT2D eigenvalue weighted by molar-refractivity contribution is 6.40. The van der Waals surface area contributed by atoms with Gasteiger partial charge in [0, 0.05) is 37.2 Å². The highest BCUT2D eigenvalue weighted by Crippen LogP contribution is 2.31. The van der Waals surface area contributed by atoms with Gasteiger partial charge >= 0.3 is 5.97 Å². The van der Waals surface area contributed by atoms with Crippen molar-refractivity contribution >= 4 is 52.1 Å². The van der Waals surface area contributed by atoms with Gasteiger partial charge in [-0.25, -0.2) is 0 Å². The average Bonchev–Trinajstić information content (AvgIpc) is 3.37. The lowest BCUT2D eigenvalue weighted by Gasteiger charge is -2.29. The number of likely N-dealkylation sites (N-methyl/N-ethyl adjacent to an activating group) is 1. The van der Waals surface area contributed by atoms with E-state index in [2.05, 4.69) is 34.4 Å². The van der Waals surface area contributed by atoms with Crippen molar-refractivity contribution in [2.45, 2.75) is 38.8 Å². The number of carboxylic acids is 1. The zero-order chi connectivity index (χ0) is 28.3. The van der Waals surface area contributed by atoms with Crippen molar-refractivity contribution in [1.29, 1.82) is 0 Å². The summed E-state index contributed by atoms with van der Waals surface area (Å²) < 4.78 is 0. The molecule has 1 aliphatic rings. The largest absolute Gasteiger partial charge is 0.481 e. The van der Waals surface area contributed by atoms with Gasteiger partial charge < -0.3 is 20.6 Å². The number of aliphatic carboxylic acids is 1. The Bertz CT molecular complexity index is 1410. The molecule has 12 heteroatoms. The lowest BCUT2D eigenvalue weighted by molar-refractivity contribution is -0.137. The van der Waals surface area contributed by atoms with E-state index >= 15 is 0 Å². The summed E-state index contributed by atoms with van der Waals surface area (Å²) in [5.74, 6) is -1.60. The third-order valence-electron chi connectivity index (χ3n) is 7.04. The summed E-state index contributed by atoms with van der Waals surface area (Å²) in [5, 5.41) is 15.5. The number of rotatable bonds is 11. The van der Waals surface area contributed by atoms with Gasteiger partial charge in [-0.15, -0.1) is 0 Å². The van der Waals surface area contributed by atoms with Gasteiger partial charge in [0.15, 0.2) is 0 Å². The maximum absolute atomic E-state index is 12.7. The molecule has 0 spiro atoms. The SMILES string of the molecule is CCN(CC)C1CCN(c2c(NC(CC(=O)O)c3ccc(NC(=O)c4c(Cl)cncc4Cl)cc3)c(=O)c2=O)C1. The second kappa shape index (κ2) is 12.1. The number of aromatic nitrogens is 1. The van der Waals surface area contributed by atoms with E-state index in [0.717, 1.165) is 19.5 Å². The molecular formula is C27H29Cl2N5O5. The fourth-order valence-electron chi connectivity index (χ4n) is 5.02. The van der Waals surface area contributed by atoms with Crippen molar-refractivity contribution in [2.24, 2.45) is 0 Å². The zero-order valence-electron chi connectivity index (χ0n) is 21.5. The second-order valence-corrected chi connectivity index (χ2v) is 10.2. The summed E-state index contributed by atoms with van der Waals surface area (Å²) in [6.07, 6.45) is 3.18. The molecule has 0 bridgehead atoms. The number of pyridine rings is 1. The van der Waals surface area contributed by atoms with Crippen LogP contribution in [0.15, 0.2) is 46.2 Å². The number of hydrogen-bond donors (Lipinski definition) is 3. The Morgan fingerprint density at radius 2 is 1.74 bits per heavy atom. The molecule has 0 radical (unpaired) electrons. The maximum atomic E-state index is 12.7. The number of nitrogens with one attached hydrogen (secondary N) is 2. The topological polar surface area (TPSA) is 132 Å². The first-order valence-electron chi connectivity index (χ1n) is 12.6. The number of anilines is 3. The van der Waals surface area contributed by atoms with E-state index in [-0.39, 0.29) is 33.8 Å². The van der Waals surface area contributed by atoms with Crippen LogP contribution in [0.1, 0.15) is 48.7 Å². The molecule has 0 aliphatic carbocycles. The molecule has 1 saturated heterocycles. The van der Waals surface area contributed by atoms with Gasteiger partial charge in [0.2, 0.25) is 0 Å². The van der Waals surface area contributed by atoms with Crippen LogP contribution in [-0.2, 0) is 4.79 Å². The average molecular weight is 574 g/mol. The smallest absolute Gasteiger partial charge is 0.305 e. The Morgan fingerprint density at radius 1 is 1.10 bits per heavy atom. The van der Waals surface area contributed by atoms with Crippen LogP contribution in [0.3, 0.4) is 0 Å². The van der Waals surface area contributed by atoms with Crippen LogP contribution < -0.4 is 26.4 Å². The Labute approximate surface area is 235 Å². The van der Waals surface area contributed by atoms with Gasteiger partial charge in [-0.2, -0.15) is 0 Å². The Balaban J connectivity index is 1.52. The van der Waals surface area contributed by atoms with Gasteiger partial charge in [-0.05, 0) is 37.2 Å². The number of nitrogens with zero attached hydrogens (tertiary/aromatic N) is 3. The number of carboxylic acid groups (broad SMARTS) is 1. The first-order valence-corrected chi connectivity index (χ1v) is 13.4. The van der Waals surface area contributed by atoms with Crippen LogP contribution in [0.25, 0.3) is 0 Å². The van der Waals surface area contributed by atoms with E-state index in [0.29, 0.717) is 30.0 Å². The van der Waals surface area contributed by atoms with Crippen molar-refractivity contribution in [3.63, 3.8) is 0 Å². The first kappa shape index (κ1) is 28.5. The van der Waals surface area contributed by atoms with E-state index in [4.69, 9.17) is 23.2 Å². The highest BCUT2D eigenvalue weighted by atomic mass is 35.5. The van der Waals surface area contributed by atoms with Crippen LogP contribution >= 0.6 is 23.2 Å². The summed E-state index contributed by atoms with van der Waals surface area (Å²) in [4.78, 5) is 57.5. The van der Waals surface area contributed by atoms with E-state index in [1.807, 2.05) is 4.90 Å². The molecule has 1 fully saturated rings. The molecule has 3 N–H and O–H groups in total. The molecular weight excluding hydrogens is 545 g/mol. The minimum atomic E-state index is -1.07. The second-order valence-electron chi connectivity index (χ2n) is 9.34. The summed E-state index contributed by atoms with van der Waals surface area (Å²) in [5.41, 5.74) is 0.333. The number of hydrogen-bond acceptors (Lipinski definition) is 8. The molecule has 39 heavy (non-hydrogen) atoms. The number of amides is 1. The predicted octanol–water partition coefficient (Wildman–Crippen LogP) is 3.79. The first-order chi connectivity index (χ1) is 18.6. The predicted molar refractivity (Wildman–Crippen MR) is 152 cm³/mol. The van der Waals surface area contributed by atoms with Crippen LogP contribution in [-0.4, -0.2) is 59.1 Å². The minimum absolute atomic E-state index is 0.0839. The van der Waals surface area contributed by atoms with E-state index in [1.54, 1.807) is 24.3 Å². The highest BCUT2D eigenvalue weighted by Gasteiger charge is 2.34. The number of carbonyl (C=O) groups excluding carboxylic acids is 1. The molecule has 2 atom stereocenters. The van der Waals surface area contributed by atoms with Gasteiger partial charge in [0.25, 0.3) is 16.8 Å².